The first-order valence-electron chi connectivity index (χ1n) is 4.45. The van der Waals surface area contributed by atoms with Crippen LogP contribution < -0.4 is 0 Å². The molecule has 18 heavy (non-hydrogen) atoms. The molecule has 3 unspecified atom stereocenters. The van der Waals surface area contributed by atoms with E-state index in [0.29, 0.717) is 7.11 Å². The van der Waals surface area contributed by atoms with Crippen molar-refractivity contribution in [2.24, 2.45) is 0 Å². The summed E-state index contributed by atoms with van der Waals surface area (Å²) in [7, 11) is 0.449. The minimum atomic E-state index is -5.29. The molecule has 0 radical (unpaired) electrons. The summed E-state index contributed by atoms with van der Waals surface area (Å²) >= 11 is 0. The van der Waals surface area contributed by atoms with Gasteiger partial charge in [0.2, 0.25) is 0 Å². The minimum Gasteiger partial charge on any atom is -0.367 e. The second kappa shape index (κ2) is 4.87. The van der Waals surface area contributed by atoms with Crippen molar-refractivity contribution < 1.29 is 39.9 Å². The van der Waals surface area contributed by atoms with Crippen molar-refractivity contribution in [3.8, 4) is 0 Å². The molecule has 0 fully saturated rings. The molecule has 104 valence electrons. The van der Waals surface area contributed by atoms with E-state index in [1.54, 1.807) is 0 Å². The Morgan fingerprint density at radius 2 is 1.50 bits per heavy atom. The molecule has 0 saturated heterocycles. The van der Waals surface area contributed by atoms with Gasteiger partial charge in [-0.1, -0.05) is 0 Å². The predicted molar refractivity (Wildman–Crippen MR) is 44.0 cm³/mol. The third-order valence-electron chi connectivity index (χ3n) is 2.27. The van der Waals surface area contributed by atoms with Crippen molar-refractivity contribution >= 4 is 0 Å². The van der Waals surface area contributed by atoms with Crippen molar-refractivity contribution in [1.82, 2.24) is 0 Å². The van der Waals surface area contributed by atoms with Gasteiger partial charge in [0.05, 0.1) is 0 Å². The number of methoxy groups -OCH3 is 1. The van der Waals surface area contributed by atoms with Gasteiger partial charge in [-0.3, -0.25) is 0 Å². The predicted octanol–water partition coefficient (Wildman–Crippen LogP) is 3.63. The minimum absolute atomic E-state index is 0.449. The Labute approximate surface area is 95.7 Å². The number of ether oxygens (including phenoxy) is 1. The fourth-order valence-electron chi connectivity index (χ4n) is 1.46. The monoisotopic (exact) mass is 282 g/mol. The van der Waals surface area contributed by atoms with Gasteiger partial charge in [0, 0.05) is 12.7 Å². The molecule has 1 aliphatic rings. The molecule has 0 aliphatic heterocycles. The third kappa shape index (κ3) is 2.36. The number of halogens is 8. The maximum absolute atomic E-state index is 13.2. The van der Waals surface area contributed by atoms with Crippen LogP contribution in [0.1, 0.15) is 0 Å². The average Bonchev–Trinajstić information content (AvgIpc) is 2.27. The highest BCUT2D eigenvalue weighted by Crippen LogP contribution is 2.42. The van der Waals surface area contributed by atoms with E-state index in [1.807, 2.05) is 0 Å². The van der Waals surface area contributed by atoms with Crippen LogP contribution in [0.2, 0.25) is 0 Å². The van der Waals surface area contributed by atoms with Crippen molar-refractivity contribution in [3.63, 3.8) is 0 Å². The number of allylic oxidation sites excluding steroid dienone is 3. The van der Waals surface area contributed by atoms with Crippen LogP contribution in [0.15, 0.2) is 23.1 Å². The summed E-state index contributed by atoms with van der Waals surface area (Å²) in [6.07, 6.45) is -15.1. The Bertz CT molecular complexity index is 396. The van der Waals surface area contributed by atoms with Crippen LogP contribution in [0.5, 0.6) is 0 Å². The van der Waals surface area contributed by atoms with E-state index in [9.17, 15) is 35.1 Å². The van der Waals surface area contributed by atoms with Crippen LogP contribution >= 0.6 is 0 Å². The largest absolute Gasteiger partial charge is 0.418 e. The second-order valence-corrected chi connectivity index (χ2v) is 3.39. The van der Waals surface area contributed by atoms with Crippen molar-refractivity contribution in [2.45, 2.75) is 24.6 Å². The molecule has 0 amide bonds. The topological polar surface area (TPSA) is 9.23 Å². The Morgan fingerprint density at radius 1 is 1.00 bits per heavy atom. The summed E-state index contributed by atoms with van der Waals surface area (Å²) in [4.78, 5) is 0. The lowest BCUT2D eigenvalue weighted by Crippen LogP contribution is -2.41. The SMILES string of the molecule is COC(C1=C(F)C(F)=C(F)C(F)C1F)C(F)(F)F. The summed E-state index contributed by atoms with van der Waals surface area (Å²) < 4.78 is 105. The summed E-state index contributed by atoms with van der Waals surface area (Å²) in [5.41, 5.74) is -1.95. The van der Waals surface area contributed by atoms with Crippen LogP contribution in [-0.4, -0.2) is 31.7 Å². The highest BCUT2D eigenvalue weighted by molar-refractivity contribution is 5.40. The van der Waals surface area contributed by atoms with Gasteiger partial charge >= 0.3 is 6.18 Å². The maximum atomic E-state index is 13.2. The van der Waals surface area contributed by atoms with E-state index in [-0.39, 0.29) is 0 Å². The maximum Gasteiger partial charge on any atom is 0.418 e. The fraction of sp³-hybridized carbons (Fsp3) is 0.556. The van der Waals surface area contributed by atoms with Gasteiger partial charge in [0.15, 0.2) is 35.9 Å². The normalized spacial score (nSPS) is 27.8. The molecule has 0 heterocycles. The first-order chi connectivity index (χ1) is 8.12. The number of rotatable bonds is 2. The van der Waals surface area contributed by atoms with Gasteiger partial charge < -0.3 is 4.74 Å². The Morgan fingerprint density at radius 3 is 1.89 bits per heavy atom. The lowest BCUT2D eigenvalue weighted by Gasteiger charge is -2.28. The van der Waals surface area contributed by atoms with E-state index in [0.717, 1.165) is 0 Å². The highest BCUT2D eigenvalue weighted by atomic mass is 19.4. The zero-order chi connectivity index (χ0) is 14.2. The molecule has 1 nitrogen and oxygen atoms in total. The molecule has 0 aromatic heterocycles. The number of alkyl halides is 5. The molecule has 3 atom stereocenters. The third-order valence-corrected chi connectivity index (χ3v) is 2.27. The van der Waals surface area contributed by atoms with Crippen LogP contribution in [0, 0.1) is 0 Å². The van der Waals surface area contributed by atoms with E-state index < -0.39 is 47.7 Å². The van der Waals surface area contributed by atoms with Crippen LogP contribution in [-0.2, 0) is 4.74 Å². The highest BCUT2D eigenvalue weighted by Gasteiger charge is 2.52. The molecule has 0 bridgehead atoms. The summed E-state index contributed by atoms with van der Waals surface area (Å²) in [6.45, 7) is 0. The molecule has 0 aromatic rings. The number of hydrogen-bond donors (Lipinski definition) is 0. The van der Waals surface area contributed by atoms with Gasteiger partial charge in [-0.25, -0.2) is 22.0 Å². The van der Waals surface area contributed by atoms with Crippen LogP contribution in [0.4, 0.5) is 35.1 Å². The molecular weight excluding hydrogens is 276 g/mol. The van der Waals surface area contributed by atoms with Gasteiger partial charge in [-0.15, -0.1) is 0 Å². The van der Waals surface area contributed by atoms with E-state index >= 15 is 0 Å². The Hall–Kier alpha value is -1.12. The Balaban J connectivity index is 3.36. The van der Waals surface area contributed by atoms with Crippen molar-refractivity contribution in [2.75, 3.05) is 7.11 Å². The average molecular weight is 282 g/mol. The van der Waals surface area contributed by atoms with E-state index in [1.165, 1.54) is 0 Å². The summed E-state index contributed by atoms with van der Waals surface area (Å²) in [6, 6.07) is 0. The number of hydrogen-bond acceptors (Lipinski definition) is 1. The molecule has 0 saturated carbocycles. The molecule has 0 spiro atoms. The van der Waals surface area contributed by atoms with Crippen LogP contribution in [0.25, 0.3) is 0 Å². The second-order valence-electron chi connectivity index (χ2n) is 3.39. The van der Waals surface area contributed by atoms with Crippen molar-refractivity contribution in [3.05, 3.63) is 23.1 Å². The first-order valence-corrected chi connectivity index (χ1v) is 4.45. The van der Waals surface area contributed by atoms with Gasteiger partial charge in [-0.2, -0.15) is 13.2 Å². The van der Waals surface area contributed by atoms with Crippen molar-refractivity contribution in [1.29, 1.82) is 0 Å². The first kappa shape index (κ1) is 14.9. The van der Waals surface area contributed by atoms with Gasteiger partial charge in [0.25, 0.3) is 0 Å². The lowest BCUT2D eigenvalue weighted by molar-refractivity contribution is -0.203. The quantitative estimate of drug-likeness (QED) is 0.703. The molecule has 0 aromatic carbocycles. The van der Waals surface area contributed by atoms with E-state index in [4.69, 9.17) is 0 Å². The molecule has 1 aliphatic carbocycles. The summed E-state index contributed by atoms with van der Waals surface area (Å²) in [5, 5.41) is 0. The van der Waals surface area contributed by atoms with Gasteiger partial charge in [0.1, 0.15) is 0 Å². The zero-order valence-electron chi connectivity index (χ0n) is 8.66. The van der Waals surface area contributed by atoms with E-state index in [2.05, 4.69) is 4.74 Å². The molecule has 1 rings (SSSR count). The fourth-order valence-corrected chi connectivity index (χ4v) is 1.46. The van der Waals surface area contributed by atoms with Crippen LogP contribution in [0.3, 0.4) is 0 Å². The van der Waals surface area contributed by atoms with Gasteiger partial charge in [-0.05, 0) is 0 Å². The molecule has 9 heteroatoms. The lowest BCUT2D eigenvalue weighted by atomic mass is 9.94. The summed E-state index contributed by atoms with van der Waals surface area (Å²) in [5.74, 6) is -7.34. The Kier molecular flexibility index (Phi) is 4.04. The molecule has 0 N–H and O–H groups in total. The molecular formula is C9H6F8O. The standard InChI is InChI=1S/C9H6F8O/c1-18-8(9(15,16)17)2-3(10)5(12)7(14)6(13)4(2)11/h3,5,8H,1H3. The zero-order valence-corrected chi connectivity index (χ0v) is 8.66. The smallest absolute Gasteiger partial charge is 0.367 e.